The van der Waals surface area contributed by atoms with Gasteiger partial charge in [0, 0.05) is 7.05 Å². The van der Waals surface area contributed by atoms with Crippen LogP contribution in [0.3, 0.4) is 0 Å². The van der Waals surface area contributed by atoms with Crippen molar-refractivity contribution in [2.75, 3.05) is 0 Å². The van der Waals surface area contributed by atoms with Crippen molar-refractivity contribution in [3.63, 3.8) is 0 Å². The van der Waals surface area contributed by atoms with E-state index in [1.807, 2.05) is 0 Å². The van der Waals surface area contributed by atoms with Crippen LogP contribution in [0, 0.1) is 5.41 Å². The third-order valence-electron chi connectivity index (χ3n) is 2.35. The van der Waals surface area contributed by atoms with Crippen molar-refractivity contribution in [2.24, 2.45) is 12.5 Å². The quantitative estimate of drug-likeness (QED) is 0.607. The highest BCUT2D eigenvalue weighted by atomic mass is 28.3. The number of aryl methyl sites for hydroxylation is 1. The topological polar surface area (TPSA) is 57.0 Å². The maximum Gasteiger partial charge on any atom is 0.191 e. The third kappa shape index (κ3) is 3.47. The number of hydrogen-bond donors (Lipinski definition) is 0. The van der Waals surface area contributed by atoms with E-state index >= 15 is 0 Å². The molecule has 17 heavy (non-hydrogen) atoms. The highest BCUT2D eigenvalue weighted by Gasteiger charge is 2.31. The first kappa shape index (κ1) is 14.0. The molecule has 1 rings (SSSR count). The van der Waals surface area contributed by atoms with E-state index in [2.05, 4.69) is 43.9 Å². The standard InChI is InChI=1S/C11H21N3O2Si/c1-11(2,3)9(16-17(5)6)10-12-8(7-15)14(4)13-10/h7,9,17H,1-6H3. The van der Waals surface area contributed by atoms with Crippen molar-refractivity contribution >= 4 is 15.3 Å². The van der Waals surface area contributed by atoms with Gasteiger partial charge in [-0.2, -0.15) is 5.10 Å². The minimum absolute atomic E-state index is 0.0845. The summed E-state index contributed by atoms with van der Waals surface area (Å²) in [5.74, 6) is 0.937. The predicted molar refractivity (Wildman–Crippen MR) is 68.5 cm³/mol. The zero-order valence-electron chi connectivity index (χ0n) is 11.4. The molecule has 0 aromatic carbocycles. The molecule has 0 fully saturated rings. The van der Waals surface area contributed by atoms with Gasteiger partial charge in [0.05, 0.1) is 0 Å². The monoisotopic (exact) mass is 255 g/mol. The Morgan fingerprint density at radius 2 is 2.00 bits per heavy atom. The van der Waals surface area contributed by atoms with Gasteiger partial charge in [0.1, 0.15) is 6.10 Å². The van der Waals surface area contributed by atoms with Crippen molar-refractivity contribution < 1.29 is 9.22 Å². The molecular formula is C11H21N3O2Si. The highest BCUT2D eigenvalue weighted by molar-refractivity contribution is 6.48. The van der Waals surface area contributed by atoms with Gasteiger partial charge in [-0.3, -0.25) is 4.79 Å². The maximum atomic E-state index is 10.8. The molecule has 0 radical (unpaired) electrons. The lowest BCUT2D eigenvalue weighted by Gasteiger charge is -2.30. The molecule has 1 heterocycles. The first-order valence-corrected chi connectivity index (χ1v) is 8.55. The van der Waals surface area contributed by atoms with Crippen molar-refractivity contribution in [1.82, 2.24) is 14.8 Å². The summed E-state index contributed by atoms with van der Waals surface area (Å²) in [6.45, 7) is 10.5. The first-order chi connectivity index (χ1) is 7.75. The summed E-state index contributed by atoms with van der Waals surface area (Å²) >= 11 is 0. The number of nitrogens with zero attached hydrogens (tertiary/aromatic N) is 3. The van der Waals surface area contributed by atoms with Crippen LogP contribution in [0.25, 0.3) is 0 Å². The van der Waals surface area contributed by atoms with E-state index in [4.69, 9.17) is 4.43 Å². The van der Waals surface area contributed by atoms with Gasteiger partial charge in [-0.15, -0.1) is 0 Å². The molecule has 0 saturated carbocycles. The molecule has 0 aliphatic rings. The van der Waals surface area contributed by atoms with E-state index in [-0.39, 0.29) is 11.5 Å². The van der Waals surface area contributed by atoms with Gasteiger partial charge < -0.3 is 4.43 Å². The average Bonchev–Trinajstić information content (AvgIpc) is 2.53. The second-order valence-electron chi connectivity index (χ2n) is 5.50. The van der Waals surface area contributed by atoms with E-state index in [0.29, 0.717) is 17.9 Å². The fourth-order valence-electron chi connectivity index (χ4n) is 1.56. The first-order valence-electron chi connectivity index (χ1n) is 5.77. The number of hydrogen-bond acceptors (Lipinski definition) is 4. The Morgan fingerprint density at radius 1 is 1.41 bits per heavy atom. The highest BCUT2D eigenvalue weighted by Crippen LogP contribution is 2.34. The minimum atomic E-state index is -1.19. The zero-order chi connectivity index (χ0) is 13.2. The van der Waals surface area contributed by atoms with Crippen molar-refractivity contribution in [3.8, 4) is 0 Å². The molecule has 0 N–H and O–H groups in total. The van der Waals surface area contributed by atoms with Gasteiger partial charge in [-0.1, -0.05) is 20.8 Å². The van der Waals surface area contributed by atoms with Crippen LogP contribution in [0.2, 0.25) is 13.1 Å². The van der Waals surface area contributed by atoms with Crippen LogP contribution in [-0.4, -0.2) is 30.1 Å². The lowest BCUT2D eigenvalue weighted by molar-refractivity contribution is 0.0784. The Hall–Kier alpha value is -1.01. The molecule has 5 nitrogen and oxygen atoms in total. The number of rotatable bonds is 4. The van der Waals surface area contributed by atoms with Crippen LogP contribution in [0.15, 0.2) is 0 Å². The zero-order valence-corrected chi connectivity index (χ0v) is 12.5. The van der Waals surface area contributed by atoms with Crippen LogP contribution in [0.1, 0.15) is 43.3 Å². The second-order valence-corrected chi connectivity index (χ2v) is 7.87. The number of aldehydes is 1. The Bertz CT molecular complexity index is 396. The Balaban J connectivity index is 3.08. The van der Waals surface area contributed by atoms with Crippen LogP contribution >= 0.6 is 0 Å². The third-order valence-corrected chi connectivity index (χ3v) is 3.16. The van der Waals surface area contributed by atoms with Crippen molar-refractivity contribution in [2.45, 2.75) is 40.0 Å². The molecule has 1 atom stereocenters. The summed E-state index contributed by atoms with van der Waals surface area (Å²) in [4.78, 5) is 15.0. The molecule has 96 valence electrons. The van der Waals surface area contributed by atoms with Gasteiger partial charge in [-0.25, -0.2) is 9.67 Å². The van der Waals surface area contributed by atoms with Gasteiger partial charge in [-0.05, 0) is 18.5 Å². The molecular weight excluding hydrogens is 234 g/mol. The van der Waals surface area contributed by atoms with E-state index in [1.165, 1.54) is 4.68 Å². The lowest BCUT2D eigenvalue weighted by Crippen LogP contribution is -2.27. The summed E-state index contributed by atoms with van der Waals surface area (Å²) in [5.41, 5.74) is -0.0845. The van der Waals surface area contributed by atoms with Crippen LogP contribution in [0.5, 0.6) is 0 Å². The molecule has 1 aromatic rings. The van der Waals surface area contributed by atoms with E-state index in [0.717, 1.165) is 0 Å². The Labute approximate surface area is 104 Å². The summed E-state index contributed by atoms with van der Waals surface area (Å²) in [5, 5.41) is 4.27. The minimum Gasteiger partial charge on any atom is -0.410 e. The summed E-state index contributed by atoms with van der Waals surface area (Å²) in [6.07, 6.45) is 0.553. The van der Waals surface area contributed by atoms with Gasteiger partial charge >= 0.3 is 0 Å². The molecule has 0 spiro atoms. The molecule has 1 unspecified atom stereocenters. The van der Waals surface area contributed by atoms with E-state index < -0.39 is 9.04 Å². The average molecular weight is 255 g/mol. The van der Waals surface area contributed by atoms with Crippen molar-refractivity contribution in [1.29, 1.82) is 0 Å². The van der Waals surface area contributed by atoms with Gasteiger partial charge in [0.15, 0.2) is 27.0 Å². The molecule has 1 aromatic heterocycles. The number of carbonyl (C=O) groups is 1. The van der Waals surface area contributed by atoms with Gasteiger partial charge in [0.2, 0.25) is 0 Å². The molecule has 6 heteroatoms. The molecule has 0 aliphatic heterocycles. The predicted octanol–water partition coefficient (Wildman–Crippen LogP) is 1.71. The molecule has 0 aliphatic carbocycles. The van der Waals surface area contributed by atoms with E-state index in [1.54, 1.807) is 7.05 Å². The fourth-order valence-corrected chi connectivity index (χ4v) is 2.63. The van der Waals surface area contributed by atoms with Crippen LogP contribution < -0.4 is 0 Å². The smallest absolute Gasteiger partial charge is 0.191 e. The molecule has 0 bridgehead atoms. The normalized spacial score (nSPS) is 14.1. The summed E-state index contributed by atoms with van der Waals surface area (Å²) in [7, 11) is 0.524. The summed E-state index contributed by atoms with van der Waals surface area (Å²) < 4.78 is 7.49. The Kier molecular flexibility index (Phi) is 4.21. The number of carbonyl (C=O) groups excluding carboxylic acids is 1. The van der Waals surface area contributed by atoms with Crippen molar-refractivity contribution in [3.05, 3.63) is 11.6 Å². The van der Waals surface area contributed by atoms with Crippen LogP contribution in [0.4, 0.5) is 0 Å². The lowest BCUT2D eigenvalue weighted by atomic mass is 9.89. The Morgan fingerprint density at radius 3 is 2.35 bits per heavy atom. The maximum absolute atomic E-state index is 10.8. The van der Waals surface area contributed by atoms with Gasteiger partial charge in [0.25, 0.3) is 0 Å². The second kappa shape index (κ2) is 5.10. The molecule has 0 amide bonds. The number of aromatic nitrogens is 3. The van der Waals surface area contributed by atoms with Crippen LogP contribution in [-0.2, 0) is 11.5 Å². The summed E-state index contributed by atoms with van der Waals surface area (Å²) in [6, 6.07) is 0. The molecule has 0 saturated heterocycles. The SMILES string of the molecule is Cn1nc(C(O[SiH](C)C)C(C)(C)C)nc1C=O. The van der Waals surface area contributed by atoms with E-state index in [9.17, 15) is 4.79 Å². The largest absolute Gasteiger partial charge is 0.410 e. The fraction of sp³-hybridized carbons (Fsp3) is 0.727.